The Morgan fingerprint density at radius 1 is 1.14 bits per heavy atom. The summed E-state index contributed by atoms with van der Waals surface area (Å²) in [6, 6.07) is 8.68. The molecule has 0 spiro atoms. The molecule has 0 radical (unpaired) electrons. The highest BCUT2D eigenvalue weighted by molar-refractivity contribution is 7.89. The van der Waals surface area contributed by atoms with Crippen LogP contribution >= 0.6 is 11.3 Å². The fraction of sp³-hybridized carbons (Fsp3) is 0.438. The van der Waals surface area contributed by atoms with E-state index in [4.69, 9.17) is 0 Å². The lowest BCUT2D eigenvalue weighted by Gasteiger charge is -2.30. The maximum Gasteiger partial charge on any atom is 0.243 e. The molecule has 0 saturated carbocycles. The predicted molar refractivity (Wildman–Crippen MR) is 88.8 cm³/mol. The lowest BCUT2D eigenvalue weighted by atomic mass is 9.99. The molecule has 1 aromatic carbocycles. The van der Waals surface area contributed by atoms with Crippen LogP contribution in [0, 0.1) is 13.8 Å². The first-order valence-corrected chi connectivity index (χ1v) is 9.73. The van der Waals surface area contributed by atoms with Crippen molar-refractivity contribution in [2.45, 2.75) is 37.5 Å². The Morgan fingerprint density at radius 3 is 2.32 bits per heavy atom. The van der Waals surface area contributed by atoms with Crippen molar-refractivity contribution in [2.24, 2.45) is 0 Å². The van der Waals surface area contributed by atoms with Gasteiger partial charge in [0, 0.05) is 23.9 Å². The zero-order valence-corrected chi connectivity index (χ0v) is 14.5. The molecule has 0 bridgehead atoms. The van der Waals surface area contributed by atoms with Gasteiger partial charge >= 0.3 is 0 Å². The van der Waals surface area contributed by atoms with Gasteiger partial charge in [0.15, 0.2) is 0 Å². The monoisotopic (exact) mass is 336 g/mol. The molecule has 1 aliphatic rings. The molecular formula is C16H20N2O2S2. The summed E-state index contributed by atoms with van der Waals surface area (Å²) in [5.41, 5.74) is 1.10. The molecule has 22 heavy (non-hydrogen) atoms. The largest absolute Gasteiger partial charge is 0.246 e. The second-order valence-electron chi connectivity index (χ2n) is 5.69. The molecule has 1 aliphatic heterocycles. The van der Waals surface area contributed by atoms with E-state index in [1.807, 2.05) is 13.0 Å². The molecule has 3 rings (SSSR count). The number of aryl methyl sites for hydroxylation is 2. The second-order valence-corrected chi connectivity index (χ2v) is 8.86. The van der Waals surface area contributed by atoms with E-state index in [0.29, 0.717) is 23.9 Å². The highest BCUT2D eigenvalue weighted by Gasteiger charge is 2.30. The van der Waals surface area contributed by atoms with Crippen LogP contribution in [0.3, 0.4) is 0 Å². The molecule has 0 amide bonds. The van der Waals surface area contributed by atoms with Crippen molar-refractivity contribution in [1.29, 1.82) is 0 Å². The molecule has 2 heterocycles. The van der Waals surface area contributed by atoms with Crippen LogP contribution in [0.4, 0.5) is 0 Å². The highest BCUT2D eigenvalue weighted by atomic mass is 32.2. The van der Waals surface area contributed by atoms with Gasteiger partial charge in [-0.2, -0.15) is 4.31 Å². The minimum absolute atomic E-state index is 0.384. The van der Waals surface area contributed by atoms with Crippen LogP contribution in [0.25, 0.3) is 0 Å². The minimum atomic E-state index is -3.35. The lowest BCUT2D eigenvalue weighted by molar-refractivity contribution is 0.319. The molecule has 1 aromatic heterocycles. The van der Waals surface area contributed by atoms with Crippen molar-refractivity contribution in [1.82, 2.24) is 9.29 Å². The highest BCUT2D eigenvalue weighted by Crippen LogP contribution is 2.33. The Morgan fingerprint density at radius 2 is 1.77 bits per heavy atom. The first-order chi connectivity index (χ1) is 10.5. The van der Waals surface area contributed by atoms with Crippen molar-refractivity contribution in [3.05, 3.63) is 45.9 Å². The Labute approximate surface area is 135 Å². The van der Waals surface area contributed by atoms with E-state index in [2.05, 4.69) is 11.9 Å². The first kappa shape index (κ1) is 15.6. The SMILES string of the molecule is Cc1nc(C2CCN(S(=O)(=O)c3ccccc3)CC2)sc1C. The number of sulfonamides is 1. The van der Waals surface area contributed by atoms with Crippen LogP contribution in [0.2, 0.25) is 0 Å². The third kappa shape index (κ3) is 2.95. The predicted octanol–water partition coefficient (Wildman–Crippen LogP) is 3.33. The topological polar surface area (TPSA) is 50.3 Å². The Hall–Kier alpha value is -1.24. The van der Waals surface area contributed by atoms with Crippen molar-refractivity contribution < 1.29 is 8.42 Å². The average Bonchev–Trinajstić information content (AvgIpc) is 2.88. The molecule has 1 saturated heterocycles. The summed E-state index contributed by atoms with van der Waals surface area (Å²) in [7, 11) is -3.35. The summed E-state index contributed by atoms with van der Waals surface area (Å²) in [5, 5.41) is 1.16. The van der Waals surface area contributed by atoms with Crippen LogP contribution < -0.4 is 0 Å². The number of hydrogen-bond donors (Lipinski definition) is 0. The Bertz CT molecular complexity index is 726. The number of benzene rings is 1. The first-order valence-electron chi connectivity index (χ1n) is 7.47. The fourth-order valence-corrected chi connectivity index (χ4v) is 5.34. The number of piperidine rings is 1. The molecule has 6 heteroatoms. The summed E-state index contributed by atoms with van der Waals surface area (Å²) in [6.45, 7) is 5.26. The van der Waals surface area contributed by atoms with Gasteiger partial charge in [-0.05, 0) is 38.8 Å². The summed E-state index contributed by atoms with van der Waals surface area (Å²) in [4.78, 5) is 6.27. The summed E-state index contributed by atoms with van der Waals surface area (Å²) in [6.07, 6.45) is 1.69. The van der Waals surface area contributed by atoms with E-state index < -0.39 is 10.0 Å². The molecule has 1 fully saturated rings. The molecule has 118 valence electrons. The second kappa shape index (κ2) is 6.10. The van der Waals surface area contributed by atoms with Crippen LogP contribution in [-0.2, 0) is 10.0 Å². The maximum absolute atomic E-state index is 12.6. The molecule has 0 N–H and O–H groups in total. The third-order valence-corrected chi connectivity index (χ3v) is 7.38. The zero-order valence-electron chi connectivity index (χ0n) is 12.8. The fourth-order valence-electron chi connectivity index (χ4n) is 2.76. The Kier molecular flexibility index (Phi) is 4.34. The van der Waals surface area contributed by atoms with E-state index in [-0.39, 0.29) is 0 Å². The Balaban J connectivity index is 1.72. The van der Waals surface area contributed by atoms with Crippen molar-refractivity contribution in [3.63, 3.8) is 0 Å². The number of thiazole rings is 1. The van der Waals surface area contributed by atoms with Crippen molar-refractivity contribution in [3.8, 4) is 0 Å². The van der Waals surface area contributed by atoms with Gasteiger partial charge in [-0.15, -0.1) is 11.3 Å². The van der Waals surface area contributed by atoms with Gasteiger partial charge < -0.3 is 0 Å². The number of nitrogens with zero attached hydrogens (tertiary/aromatic N) is 2. The van der Waals surface area contributed by atoms with E-state index in [0.717, 1.165) is 23.5 Å². The number of aromatic nitrogens is 1. The maximum atomic E-state index is 12.6. The quantitative estimate of drug-likeness (QED) is 0.864. The van der Waals surface area contributed by atoms with Gasteiger partial charge in [-0.25, -0.2) is 13.4 Å². The smallest absolute Gasteiger partial charge is 0.243 e. The summed E-state index contributed by atoms with van der Waals surface area (Å²) < 4.78 is 26.8. The molecule has 0 atom stereocenters. The summed E-state index contributed by atoms with van der Waals surface area (Å²) in [5.74, 6) is 0.389. The van der Waals surface area contributed by atoms with E-state index in [1.54, 1.807) is 39.9 Å². The van der Waals surface area contributed by atoms with Crippen LogP contribution in [0.5, 0.6) is 0 Å². The molecule has 0 unspecified atom stereocenters. The lowest BCUT2D eigenvalue weighted by Crippen LogP contribution is -2.37. The van der Waals surface area contributed by atoms with Crippen LogP contribution in [-0.4, -0.2) is 30.8 Å². The van der Waals surface area contributed by atoms with E-state index in [1.165, 1.54) is 4.88 Å². The van der Waals surface area contributed by atoms with E-state index in [9.17, 15) is 8.42 Å². The number of hydrogen-bond acceptors (Lipinski definition) is 4. The zero-order chi connectivity index (χ0) is 15.7. The van der Waals surface area contributed by atoms with Gasteiger partial charge in [-0.3, -0.25) is 0 Å². The van der Waals surface area contributed by atoms with Crippen molar-refractivity contribution in [2.75, 3.05) is 13.1 Å². The van der Waals surface area contributed by atoms with Gasteiger partial charge in [0.05, 0.1) is 15.6 Å². The van der Waals surface area contributed by atoms with Crippen LogP contribution in [0.1, 0.15) is 34.3 Å². The van der Waals surface area contributed by atoms with Gasteiger partial charge in [-0.1, -0.05) is 18.2 Å². The minimum Gasteiger partial charge on any atom is -0.246 e. The van der Waals surface area contributed by atoms with Crippen molar-refractivity contribution >= 4 is 21.4 Å². The molecule has 2 aromatic rings. The standard InChI is InChI=1S/C16H20N2O2S2/c1-12-13(2)21-16(17-12)14-8-10-18(11-9-14)22(19,20)15-6-4-3-5-7-15/h3-7,14H,8-11H2,1-2H3. The molecular weight excluding hydrogens is 316 g/mol. The summed E-state index contributed by atoms with van der Waals surface area (Å²) >= 11 is 1.75. The van der Waals surface area contributed by atoms with Gasteiger partial charge in [0.2, 0.25) is 10.0 Å². The van der Waals surface area contributed by atoms with Gasteiger partial charge in [0.25, 0.3) is 0 Å². The third-order valence-electron chi connectivity index (χ3n) is 4.23. The van der Waals surface area contributed by atoms with E-state index >= 15 is 0 Å². The normalized spacial score (nSPS) is 17.7. The average molecular weight is 336 g/mol. The van der Waals surface area contributed by atoms with Crippen LogP contribution in [0.15, 0.2) is 35.2 Å². The molecule has 4 nitrogen and oxygen atoms in total. The van der Waals surface area contributed by atoms with Gasteiger partial charge in [0.1, 0.15) is 0 Å². The number of rotatable bonds is 3. The molecule has 0 aliphatic carbocycles.